The van der Waals surface area contributed by atoms with E-state index in [1.807, 2.05) is 0 Å². The number of rotatable bonds is 7. The highest BCUT2D eigenvalue weighted by atomic mass is 16.4. The zero-order valence-corrected chi connectivity index (χ0v) is 10.1. The van der Waals surface area contributed by atoms with Crippen LogP contribution >= 0.6 is 0 Å². The van der Waals surface area contributed by atoms with E-state index < -0.39 is 5.97 Å². The molecule has 0 bridgehead atoms. The van der Waals surface area contributed by atoms with Gasteiger partial charge < -0.3 is 5.11 Å². The third kappa shape index (κ3) is 4.33. The van der Waals surface area contributed by atoms with Crippen LogP contribution in [0.4, 0.5) is 0 Å². The van der Waals surface area contributed by atoms with Gasteiger partial charge in [-0.3, -0.25) is 9.59 Å². The summed E-state index contributed by atoms with van der Waals surface area (Å²) in [7, 11) is 0. The normalized spacial score (nSPS) is 24.9. The number of aliphatic carboxylic acids is 1. The molecule has 1 fully saturated rings. The number of carbonyl (C=O) groups is 2. The molecule has 1 saturated carbocycles. The first-order chi connectivity index (χ1) is 7.61. The molecule has 0 aromatic heterocycles. The summed E-state index contributed by atoms with van der Waals surface area (Å²) in [4.78, 5) is 21.8. The smallest absolute Gasteiger partial charge is 0.303 e. The number of carboxylic acids is 1. The Bertz CT molecular complexity index is 248. The van der Waals surface area contributed by atoms with Gasteiger partial charge >= 0.3 is 5.97 Å². The first-order valence-corrected chi connectivity index (χ1v) is 6.35. The highest BCUT2D eigenvalue weighted by Crippen LogP contribution is 2.32. The number of hydrogen-bond acceptors (Lipinski definition) is 2. The SMILES string of the molecule is C[C@H]1CCC(=O)[C@@H]1CCCCCCC(=O)O. The molecule has 1 rings (SSSR count). The van der Waals surface area contributed by atoms with Gasteiger partial charge in [-0.25, -0.2) is 0 Å². The lowest BCUT2D eigenvalue weighted by atomic mass is 9.91. The second-order valence-electron chi connectivity index (χ2n) is 4.94. The maximum atomic E-state index is 11.5. The summed E-state index contributed by atoms with van der Waals surface area (Å²) in [6.45, 7) is 2.17. The van der Waals surface area contributed by atoms with Crippen LogP contribution in [0, 0.1) is 11.8 Å². The van der Waals surface area contributed by atoms with Crippen molar-refractivity contribution < 1.29 is 14.7 Å². The summed E-state index contributed by atoms with van der Waals surface area (Å²) in [6.07, 6.45) is 6.98. The lowest BCUT2D eigenvalue weighted by molar-refractivity contribution is -0.137. The molecule has 3 heteroatoms. The fourth-order valence-electron chi connectivity index (χ4n) is 2.51. The molecule has 0 aromatic carbocycles. The van der Waals surface area contributed by atoms with E-state index in [1.54, 1.807) is 0 Å². The Labute approximate surface area is 97.2 Å². The second-order valence-corrected chi connectivity index (χ2v) is 4.94. The van der Waals surface area contributed by atoms with Gasteiger partial charge in [0.1, 0.15) is 5.78 Å². The Morgan fingerprint density at radius 2 is 2.00 bits per heavy atom. The van der Waals surface area contributed by atoms with Crippen molar-refractivity contribution in [2.24, 2.45) is 11.8 Å². The molecular formula is C13H22O3. The van der Waals surface area contributed by atoms with Gasteiger partial charge in [0, 0.05) is 18.8 Å². The minimum atomic E-state index is -0.709. The average Bonchev–Trinajstić information content (AvgIpc) is 2.53. The van der Waals surface area contributed by atoms with Crippen LogP contribution in [0.25, 0.3) is 0 Å². The third-order valence-corrected chi connectivity index (χ3v) is 3.60. The lowest BCUT2D eigenvalue weighted by Crippen LogP contribution is -2.12. The predicted molar refractivity (Wildman–Crippen MR) is 62.2 cm³/mol. The molecule has 0 aliphatic heterocycles. The highest BCUT2D eigenvalue weighted by Gasteiger charge is 2.30. The van der Waals surface area contributed by atoms with Gasteiger partial charge in [-0.15, -0.1) is 0 Å². The van der Waals surface area contributed by atoms with E-state index in [9.17, 15) is 9.59 Å². The fraction of sp³-hybridized carbons (Fsp3) is 0.846. The quantitative estimate of drug-likeness (QED) is 0.679. The minimum Gasteiger partial charge on any atom is -0.481 e. The molecule has 0 unspecified atom stereocenters. The van der Waals surface area contributed by atoms with Crippen molar-refractivity contribution in [3.05, 3.63) is 0 Å². The monoisotopic (exact) mass is 226 g/mol. The second kappa shape index (κ2) is 6.66. The summed E-state index contributed by atoms with van der Waals surface area (Å²) in [5.41, 5.74) is 0. The van der Waals surface area contributed by atoms with E-state index in [1.165, 1.54) is 0 Å². The Hall–Kier alpha value is -0.860. The number of Topliss-reactive ketones (excluding diaryl/α,β-unsaturated/α-hetero) is 1. The Balaban J connectivity index is 2.02. The van der Waals surface area contributed by atoms with E-state index in [2.05, 4.69) is 6.92 Å². The zero-order valence-electron chi connectivity index (χ0n) is 10.1. The van der Waals surface area contributed by atoms with E-state index >= 15 is 0 Å². The highest BCUT2D eigenvalue weighted by molar-refractivity contribution is 5.83. The number of carbonyl (C=O) groups excluding carboxylic acids is 1. The first kappa shape index (κ1) is 13.2. The number of unbranched alkanes of at least 4 members (excludes halogenated alkanes) is 3. The zero-order chi connectivity index (χ0) is 12.0. The van der Waals surface area contributed by atoms with Crippen LogP contribution in [0.5, 0.6) is 0 Å². The standard InChI is InChI=1S/C13H22O3/c1-10-8-9-12(14)11(10)6-4-2-3-5-7-13(15)16/h10-11H,2-9H2,1H3,(H,15,16)/t10-,11+/m0/s1. The minimum absolute atomic E-state index is 0.277. The van der Waals surface area contributed by atoms with Crippen molar-refractivity contribution in [3.8, 4) is 0 Å². The molecule has 1 aliphatic carbocycles. The van der Waals surface area contributed by atoms with Gasteiger partial charge in [-0.05, 0) is 25.2 Å². The lowest BCUT2D eigenvalue weighted by Gasteiger charge is -2.13. The Kier molecular flexibility index (Phi) is 5.50. The molecule has 0 radical (unpaired) electrons. The number of hydrogen-bond donors (Lipinski definition) is 1. The summed E-state index contributed by atoms with van der Waals surface area (Å²) in [5, 5.41) is 8.47. The number of ketones is 1. The van der Waals surface area contributed by atoms with Crippen molar-refractivity contribution in [2.45, 2.75) is 58.3 Å². The molecule has 0 heterocycles. The summed E-state index contributed by atoms with van der Waals surface area (Å²) >= 11 is 0. The van der Waals surface area contributed by atoms with Gasteiger partial charge in [-0.2, -0.15) is 0 Å². The van der Waals surface area contributed by atoms with E-state index in [-0.39, 0.29) is 6.42 Å². The maximum Gasteiger partial charge on any atom is 0.303 e. The van der Waals surface area contributed by atoms with Crippen molar-refractivity contribution in [1.29, 1.82) is 0 Å². The van der Waals surface area contributed by atoms with E-state index in [0.717, 1.165) is 44.9 Å². The molecule has 1 N–H and O–H groups in total. The van der Waals surface area contributed by atoms with Crippen LogP contribution in [0.2, 0.25) is 0 Å². The molecule has 2 atom stereocenters. The van der Waals surface area contributed by atoms with Crippen LogP contribution in [0.1, 0.15) is 58.3 Å². The van der Waals surface area contributed by atoms with Gasteiger partial charge in [0.2, 0.25) is 0 Å². The van der Waals surface area contributed by atoms with Crippen molar-refractivity contribution in [2.75, 3.05) is 0 Å². The summed E-state index contributed by atoms with van der Waals surface area (Å²) < 4.78 is 0. The number of carboxylic acid groups (broad SMARTS) is 1. The van der Waals surface area contributed by atoms with Crippen LogP contribution < -0.4 is 0 Å². The maximum absolute atomic E-state index is 11.5. The molecule has 0 saturated heterocycles. The van der Waals surface area contributed by atoms with E-state index in [4.69, 9.17) is 5.11 Å². The van der Waals surface area contributed by atoms with Gasteiger partial charge in [-0.1, -0.05) is 26.2 Å². The molecule has 0 aromatic rings. The predicted octanol–water partition coefficient (Wildman–Crippen LogP) is 3.03. The van der Waals surface area contributed by atoms with Gasteiger partial charge in [0.15, 0.2) is 0 Å². The molecule has 0 spiro atoms. The van der Waals surface area contributed by atoms with Crippen LogP contribution in [0.3, 0.4) is 0 Å². The average molecular weight is 226 g/mol. The van der Waals surface area contributed by atoms with Crippen molar-refractivity contribution in [1.82, 2.24) is 0 Å². The summed E-state index contributed by atoms with van der Waals surface area (Å²) in [5.74, 6) is 0.587. The third-order valence-electron chi connectivity index (χ3n) is 3.60. The van der Waals surface area contributed by atoms with Crippen molar-refractivity contribution >= 4 is 11.8 Å². The van der Waals surface area contributed by atoms with Crippen LogP contribution in [-0.4, -0.2) is 16.9 Å². The molecule has 0 amide bonds. The van der Waals surface area contributed by atoms with Crippen LogP contribution in [-0.2, 0) is 9.59 Å². The molecule has 3 nitrogen and oxygen atoms in total. The molecular weight excluding hydrogens is 204 g/mol. The first-order valence-electron chi connectivity index (χ1n) is 6.35. The summed E-state index contributed by atoms with van der Waals surface area (Å²) in [6, 6.07) is 0. The Morgan fingerprint density at radius 1 is 1.31 bits per heavy atom. The fourth-order valence-corrected chi connectivity index (χ4v) is 2.51. The molecule has 1 aliphatic rings. The van der Waals surface area contributed by atoms with Crippen molar-refractivity contribution in [3.63, 3.8) is 0 Å². The van der Waals surface area contributed by atoms with Gasteiger partial charge in [0.05, 0.1) is 0 Å². The van der Waals surface area contributed by atoms with E-state index in [0.29, 0.717) is 17.6 Å². The molecule has 16 heavy (non-hydrogen) atoms. The topological polar surface area (TPSA) is 54.4 Å². The largest absolute Gasteiger partial charge is 0.481 e. The molecule has 92 valence electrons. The van der Waals surface area contributed by atoms with Crippen LogP contribution in [0.15, 0.2) is 0 Å². The Morgan fingerprint density at radius 3 is 2.56 bits per heavy atom. The van der Waals surface area contributed by atoms with Gasteiger partial charge in [0.25, 0.3) is 0 Å².